The summed E-state index contributed by atoms with van der Waals surface area (Å²) in [7, 11) is 1.63. The van der Waals surface area contributed by atoms with E-state index in [1.807, 2.05) is 54.6 Å². The molecule has 0 saturated heterocycles. The largest absolute Gasteiger partial charge is 0.497 e. The van der Waals surface area contributed by atoms with Crippen LogP contribution in [0.25, 0.3) is 0 Å². The quantitative estimate of drug-likeness (QED) is 0.728. The molecule has 0 spiro atoms. The SMILES string of the molecule is COc1ccc(NC(C(=O)OCCC(C)C)c2ccccc2)cc1. The van der Waals surface area contributed by atoms with Gasteiger partial charge >= 0.3 is 5.97 Å². The van der Waals surface area contributed by atoms with Crippen LogP contribution >= 0.6 is 0 Å². The smallest absolute Gasteiger partial charge is 0.333 e. The lowest BCUT2D eigenvalue weighted by Crippen LogP contribution is -2.24. The zero-order chi connectivity index (χ0) is 17.4. The van der Waals surface area contributed by atoms with Gasteiger partial charge in [0.15, 0.2) is 6.04 Å². The number of hydrogen-bond acceptors (Lipinski definition) is 4. The van der Waals surface area contributed by atoms with Gasteiger partial charge in [-0.15, -0.1) is 0 Å². The average Bonchev–Trinajstić information content (AvgIpc) is 2.60. The van der Waals surface area contributed by atoms with Gasteiger partial charge in [-0.2, -0.15) is 0 Å². The van der Waals surface area contributed by atoms with Crippen molar-refractivity contribution in [2.24, 2.45) is 5.92 Å². The van der Waals surface area contributed by atoms with Crippen LogP contribution in [0.4, 0.5) is 5.69 Å². The van der Waals surface area contributed by atoms with Crippen LogP contribution in [-0.4, -0.2) is 19.7 Å². The van der Waals surface area contributed by atoms with Crippen molar-refractivity contribution < 1.29 is 14.3 Å². The van der Waals surface area contributed by atoms with Crippen molar-refractivity contribution in [2.45, 2.75) is 26.3 Å². The van der Waals surface area contributed by atoms with E-state index in [4.69, 9.17) is 9.47 Å². The third kappa shape index (κ3) is 5.30. The highest BCUT2D eigenvalue weighted by molar-refractivity contribution is 5.81. The van der Waals surface area contributed by atoms with Crippen molar-refractivity contribution in [2.75, 3.05) is 19.0 Å². The van der Waals surface area contributed by atoms with Crippen molar-refractivity contribution in [1.82, 2.24) is 0 Å². The predicted octanol–water partition coefficient (Wildman–Crippen LogP) is 4.44. The summed E-state index contributed by atoms with van der Waals surface area (Å²) < 4.78 is 10.6. The lowest BCUT2D eigenvalue weighted by Gasteiger charge is -2.19. The Kier molecular flexibility index (Phi) is 6.67. The molecule has 0 bridgehead atoms. The van der Waals surface area contributed by atoms with Crippen LogP contribution < -0.4 is 10.1 Å². The Morgan fingerprint density at radius 3 is 2.29 bits per heavy atom. The molecule has 128 valence electrons. The fourth-order valence-corrected chi connectivity index (χ4v) is 2.26. The summed E-state index contributed by atoms with van der Waals surface area (Å²) in [4.78, 5) is 12.5. The molecule has 2 aromatic carbocycles. The highest BCUT2D eigenvalue weighted by Gasteiger charge is 2.22. The summed E-state index contributed by atoms with van der Waals surface area (Å²) in [6, 6.07) is 16.5. The maximum Gasteiger partial charge on any atom is 0.333 e. The maximum atomic E-state index is 12.5. The molecule has 0 radical (unpaired) electrons. The molecule has 0 aliphatic carbocycles. The van der Waals surface area contributed by atoms with E-state index < -0.39 is 6.04 Å². The number of carbonyl (C=O) groups is 1. The van der Waals surface area contributed by atoms with Gasteiger partial charge < -0.3 is 14.8 Å². The van der Waals surface area contributed by atoms with Crippen molar-refractivity contribution in [3.05, 3.63) is 60.2 Å². The van der Waals surface area contributed by atoms with E-state index in [-0.39, 0.29) is 5.97 Å². The van der Waals surface area contributed by atoms with E-state index in [9.17, 15) is 4.79 Å². The van der Waals surface area contributed by atoms with E-state index in [2.05, 4.69) is 19.2 Å². The van der Waals surface area contributed by atoms with Crippen molar-refractivity contribution in [3.8, 4) is 5.75 Å². The van der Waals surface area contributed by atoms with E-state index in [1.165, 1.54) is 0 Å². The van der Waals surface area contributed by atoms with Crippen LogP contribution in [-0.2, 0) is 9.53 Å². The van der Waals surface area contributed by atoms with Gasteiger partial charge in [0.25, 0.3) is 0 Å². The van der Waals surface area contributed by atoms with E-state index in [0.29, 0.717) is 12.5 Å². The van der Waals surface area contributed by atoms with Gasteiger partial charge in [0.05, 0.1) is 13.7 Å². The summed E-state index contributed by atoms with van der Waals surface area (Å²) in [5.41, 5.74) is 1.72. The van der Waals surface area contributed by atoms with Gasteiger partial charge in [-0.05, 0) is 42.2 Å². The van der Waals surface area contributed by atoms with E-state index in [1.54, 1.807) is 7.11 Å². The van der Waals surface area contributed by atoms with Crippen LogP contribution in [0.3, 0.4) is 0 Å². The molecule has 4 nitrogen and oxygen atoms in total. The lowest BCUT2D eigenvalue weighted by atomic mass is 10.1. The monoisotopic (exact) mass is 327 g/mol. The average molecular weight is 327 g/mol. The van der Waals surface area contributed by atoms with Crippen molar-refractivity contribution in [1.29, 1.82) is 0 Å². The molecule has 1 N–H and O–H groups in total. The number of rotatable bonds is 8. The highest BCUT2D eigenvalue weighted by atomic mass is 16.5. The fourth-order valence-electron chi connectivity index (χ4n) is 2.26. The molecule has 0 saturated carbocycles. The Morgan fingerprint density at radius 2 is 1.71 bits per heavy atom. The molecule has 0 aliphatic heterocycles. The minimum Gasteiger partial charge on any atom is -0.497 e. The Labute approximate surface area is 143 Å². The number of hydrogen-bond donors (Lipinski definition) is 1. The van der Waals surface area contributed by atoms with Gasteiger partial charge in [-0.1, -0.05) is 44.2 Å². The van der Waals surface area contributed by atoms with Crippen molar-refractivity contribution in [3.63, 3.8) is 0 Å². The molecule has 0 amide bonds. The molecule has 2 rings (SSSR count). The minimum absolute atomic E-state index is 0.266. The molecule has 2 aromatic rings. The predicted molar refractivity (Wildman–Crippen MR) is 96.2 cm³/mol. The third-order valence-corrected chi connectivity index (χ3v) is 3.71. The lowest BCUT2D eigenvalue weighted by molar-refractivity contribution is -0.145. The first-order valence-electron chi connectivity index (χ1n) is 8.22. The Bertz CT molecular complexity index is 623. The van der Waals surface area contributed by atoms with Crippen LogP contribution in [0.1, 0.15) is 31.9 Å². The van der Waals surface area contributed by atoms with Gasteiger partial charge in [0.1, 0.15) is 5.75 Å². The first kappa shape index (κ1) is 17.9. The fraction of sp³-hybridized carbons (Fsp3) is 0.350. The zero-order valence-electron chi connectivity index (χ0n) is 14.5. The summed E-state index contributed by atoms with van der Waals surface area (Å²) in [5.74, 6) is 1.01. The second kappa shape index (κ2) is 8.96. The normalized spacial score (nSPS) is 11.8. The molecule has 0 heterocycles. The first-order valence-corrected chi connectivity index (χ1v) is 8.22. The molecular formula is C20H25NO3. The minimum atomic E-state index is -0.535. The number of nitrogens with one attached hydrogen (secondary N) is 1. The molecule has 0 aromatic heterocycles. The van der Waals surface area contributed by atoms with Gasteiger partial charge in [0, 0.05) is 5.69 Å². The molecular weight excluding hydrogens is 302 g/mol. The Morgan fingerprint density at radius 1 is 1.04 bits per heavy atom. The molecule has 4 heteroatoms. The second-order valence-electron chi connectivity index (χ2n) is 6.07. The molecule has 0 aliphatic rings. The van der Waals surface area contributed by atoms with E-state index >= 15 is 0 Å². The summed E-state index contributed by atoms with van der Waals surface area (Å²) in [6.07, 6.45) is 0.857. The van der Waals surface area contributed by atoms with E-state index in [0.717, 1.165) is 23.4 Å². The Hall–Kier alpha value is -2.49. The van der Waals surface area contributed by atoms with Crippen molar-refractivity contribution >= 4 is 11.7 Å². The third-order valence-electron chi connectivity index (χ3n) is 3.71. The van der Waals surface area contributed by atoms with Crippen LogP contribution in [0.5, 0.6) is 5.75 Å². The number of carbonyl (C=O) groups excluding carboxylic acids is 1. The number of esters is 1. The topological polar surface area (TPSA) is 47.6 Å². The van der Waals surface area contributed by atoms with Crippen LogP contribution in [0.2, 0.25) is 0 Å². The van der Waals surface area contributed by atoms with Gasteiger partial charge in [0.2, 0.25) is 0 Å². The number of ether oxygens (including phenoxy) is 2. The molecule has 1 atom stereocenters. The zero-order valence-corrected chi connectivity index (χ0v) is 14.5. The molecule has 24 heavy (non-hydrogen) atoms. The molecule has 1 unspecified atom stereocenters. The summed E-state index contributed by atoms with van der Waals surface area (Å²) in [6.45, 7) is 4.65. The maximum absolute atomic E-state index is 12.5. The molecule has 0 fully saturated rings. The number of anilines is 1. The Balaban J connectivity index is 2.11. The number of methoxy groups -OCH3 is 1. The van der Waals surface area contributed by atoms with Crippen LogP contribution in [0.15, 0.2) is 54.6 Å². The standard InChI is InChI=1S/C20H25NO3/c1-15(2)13-14-24-20(22)19(16-7-5-4-6-8-16)21-17-9-11-18(23-3)12-10-17/h4-12,15,19,21H,13-14H2,1-3H3. The first-order chi connectivity index (χ1) is 11.6. The van der Waals surface area contributed by atoms with Gasteiger partial charge in [-0.25, -0.2) is 4.79 Å². The summed E-state index contributed by atoms with van der Waals surface area (Å²) in [5, 5.41) is 3.25. The highest BCUT2D eigenvalue weighted by Crippen LogP contribution is 2.23. The second-order valence-corrected chi connectivity index (χ2v) is 6.07. The number of benzene rings is 2. The summed E-state index contributed by atoms with van der Waals surface area (Å²) >= 11 is 0. The van der Waals surface area contributed by atoms with Gasteiger partial charge in [-0.3, -0.25) is 0 Å². The van der Waals surface area contributed by atoms with Crippen LogP contribution in [0, 0.1) is 5.92 Å².